The number of nitrogens with zero attached hydrogens (tertiary/aromatic N) is 1. The van der Waals surface area contributed by atoms with Crippen LogP contribution in [-0.2, 0) is 11.2 Å². The molecule has 100 valence electrons. The van der Waals surface area contributed by atoms with E-state index >= 15 is 0 Å². The lowest BCUT2D eigenvalue weighted by molar-refractivity contribution is -0.118. The average Bonchev–Trinajstić information content (AvgIpc) is 2.80. The van der Waals surface area contributed by atoms with Crippen LogP contribution in [0.5, 0.6) is 0 Å². The van der Waals surface area contributed by atoms with E-state index in [0.717, 1.165) is 16.6 Å². The van der Waals surface area contributed by atoms with E-state index in [0.29, 0.717) is 18.5 Å². The molecule has 19 heavy (non-hydrogen) atoms. The summed E-state index contributed by atoms with van der Waals surface area (Å²) in [7, 11) is 1.58. The molecule has 2 amide bonds. The molecule has 0 saturated carbocycles. The number of carbonyl (C=O) groups excluding carboxylic acids is 2. The van der Waals surface area contributed by atoms with E-state index in [9.17, 15) is 9.59 Å². The quantitative estimate of drug-likeness (QED) is 0.752. The summed E-state index contributed by atoms with van der Waals surface area (Å²) in [6, 6.07) is 1.81. The molecule has 0 aliphatic rings. The summed E-state index contributed by atoms with van der Waals surface area (Å²) in [4.78, 5) is 29.7. The number of H-pyrrole nitrogens is 1. The van der Waals surface area contributed by atoms with Crippen LogP contribution in [-0.4, -0.2) is 35.4 Å². The summed E-state index contributed by atoms with van der Waals surface area (Å²) in [5.41, 5.74) is 2.29. The second kappa shape index (κ2) is 5.51. The zero-order valence-electron chi connectivity index (χ0n) is 10.9. The molecular formula is C13H16N4O2. The van der Waals surface area contributed by atoms with Crippen molar-refractivity contribution in [3.05, 3.63) is 29.6 Å². The Hall–Kier alpha value is -2.37. The van der Waals surface area contributed by atoms with Crippen molar-refractivity contribution in [2.24, 2.45) is 0 Å². The van der Waals surface area contributed by atoms with Gasteiger partial charge in [-0.15, -0.1) is 0 Å². The third-order valence-electron chi connectivity index (χ3n) is 2.87. The van der Waals surface area contributed by atoms with E-state index in [2.05, 4.69) is 20.6 Å². The van der Waals surface area contributed by atoms with Gasteiger partial charge in [-0.25, -0.2) is 4.98 Å². The lowest BCUT2D eigenvalue weighted by Gasteiger charge is -2.02. The van der Waals surface area contributed by atoms with Crippen molar-refractivity contribution in [3.63, 3.8) is 0 Å². The van der Waals surface area contributed by atoms with Gasteiger partial charge in [-0.05, 0) is 18.1 Å². The molecule has 0 aliphatic heterocycles. The minimum Gasteiger partial charge on any atom is -0.356 e. The molecule has 2 rings (SSSR count). The number of amides is 2. The van der Waals surface area contributed by atoms with Crippen LogP contribution in [0.2, 0.25) is 0 Å². The molecular weight excluding hydrogens is 244 g/mol. The normalized spacial score (nSPS) is 10.4. The maximum absolute atomic E-state index is 11.6. The Morgan fingerprint density at radius 1 is 1.42 bits per heavy atom. The van der Waals surface area contributed by atoms with Crippen molar-refractivity contribution in [1.29, 1.82) is 0 Å². The summed E-state index contributed by atoms with van der Waals surface area (Å²) >= 11 is 0. The predicted octanol–water partition coefficient (Wildman–Crippen LogP) is 0.601. The highest BCUT2D eigenvalue weighted by Crippen LogP contribution is 2.18. The maximum atomic E-state index is 11.6. The Balaban J connectivity index is 2.24. The van der Waals surface area contributed by atoms with Crippen molar-refractivity contribution >= 4 is 22.8 Å². The molecule has 0 unspecified atom stereocenters. The molecule has 0 saturated heterocycles. The van der Waals surface area contributed by atoms with Gasteiger partial charge in [0, 0.05) is 38.3 Å². The highest BCUT2D eigenvalue weighted by molar-refractivity contribution is 5.97. The zero-order chi connectivity index (χ0) is 13.8. The average molecular weight is 260 g/mol. The Kier molecular flexibility index (Phi) is 3.79. The number of rotatable bonds is 4. The summed E-state index contributed by atoms with van der Waals surface area (Å²) in [6.07, 6.45) is 4.08. The van der Waals surface area contributed by atoms with Crippen LogP contribution in [0.15, 0.2) is 18.5 Å². The van der Waals surface area contributed by atoms with Gasteiger partial charge >= 0.3 is 0 Å². The van der Waals surface area contributed by atoms with Gasteiger partial charge in [0.15, 0.2) is 0 Å². The smallest absolute Gasteiger partial charge is 0.252 e. The monoisotopic (exact) mass is 260 g/mol. The number of aromatic nitrogens is 2. The van der Waals surface area contributed by atoms with E-state index in [1.165, 1.54) is 13.1 Å². The van der Waals surface area contributed by atoms with Crippen LogP contribution in [0.25, 0.3) is 11.0 Å². The van der Waals surface area contributed by atoms with E-state index in [1.807, 2.05) is 6.20 Å². The van der Waals surface area contributed by atoms with Gasteiger partial charge in [0.1, 0.15) is 5.65 Å². The van der Waals surface area contributed by atoms with Crippen LogP contribution >= 0.6 is 0 Å². The van der Waals surface area contributed by atoms with E-state index in [4.69, 9.17) is 0 Å². The van der Waals surface area contributed by atoms with Gasteiger partial charge in [-0.1, -0.05) is 0 Å². The number of hydrogen-bond acceptors (Lipinski definition) is 3. The molecule has 2 aromatic rings. The minimum absolute atomic E-state index is 0.0518. The lowest BCUT2D eigenvalue weighted by Crippen LogP contribution is -2.22. The topological polar surface area (TPSA) is 86.9 Å². The molecule has 2 aromatic heterocycles. The standard InChI is InChI=1S/C13H16N4O2/c1-8(18)15-4-3-9-6-16-12-11(9)5-10(7-17-12)13(19)14-2/h5-7H,3-4H2,1-2H3,(H,14,19)(H,15,18)(H,16,17). The van der Waals surface area contributed by atoms with E-state index in [1.54, 1.807) is 13.1 Å². The largest absolute Gasteiger partial charge is 0.356 e. The number of pyridine rings is 1. The summed E-state index contributed by atoms with van der Waals surface area (Å²) in [5.74, 6) is -0.215. The Morgan fingerprint density at radius 3 is 2.89 bits per heavy atom. The van der Waals surface area contributed by atoms with Gasteiger partial charge in [0.25, 0.3) is 5.91 Å². The van der Waals surface area contributed by atoms with Crippen LogP contribution < -0.4 is 10.6 Å². The number of fused-ring (bicyclic) bond motifs is 1. The first-order chi connectivity index (χ1) is 9.11. The molecule has 3 N–H and O–H groups in total. The fourth-order valence-electron chi connectivity index (χ4n) is 1.91. The maximum Gasteiger partial charge on any atom is 0.252 e. The highest BCUT2D eigenvalue weighted by atomic mass is 16.2. The first kappa shape index (κ1) is 13.1. The van der Waals surface area contributed by atoms with Gasteiger partial charge in [-0.3, -0.25) is 9.59 Å². The minimum atomic E-state index is -0.164. The molecule has 0 atom stereocenters. The molecule has 0 aromatic carbocycles. The Labute approximate surface area is 110 Å². The van der Waals surface area contributed by atoms with Gasteiger partial charge in [-0.2, -0.15) is 0 Å². The number of aromatic amines is 1. The van der Waals surface area contributed by atoms with Gasteiger partial charge in [0.05, 0.1) is 5.56 Å². The first-order valence-electron chi connectivity index (χ1n) is 6.04. The lowest BCUT2D eigenvalue weighted by atomic mass is 10.1. The second-order valence-corrected chi connectivity index (χ2v) is 4.25. The summed E-state index contributed by atoms with van der Waals surface area (Å²) in [6.45, 7) is 2.05. The van der Waals surface area contributed by atoms with Gasteiger partial charge in [0.2, 0.25) is 5.91 Å². The van der Waals surface area contributed by atoms with Crippen molar-refractivity contribution < 1.29 is 9.59 Å². The second-order valence-electron chi connectivity index (χ2n) is 4.25. The van der Waals surface area contributed by atoms with Crippen LogP contribution in [0, 0.1) is 0 Å². The molecule has 2 heterocycles. The molecule has 6 nitrogen and oxygen atoms in total. The van der Waals surface area contributed by atoms with Crippen LogP contribution in [0.4, 0.5) is 0 Å². The van der Waals surface area contributed by atoms with Crippen molar-refractivity contribution in [2.45, 2.75) is 13.3 Å². The molecule has 0 bridgehead atoms. The third kappa shape index (κ3) is 2.90. The van der Waals surface area contributed by atoms with E-state index in [-0.39, 0.29) is 11.8 Å². The first-order valence-corrected chi connectivity index (χ1v) is 6.04. The third-order valence-corrected chi connectivity index (χ3v) is 2.87. The molecule has 0 fully saturated rings. The molecule has 0 spiro atoms. The number of carbonyl (C=O) groups is 2. The van der Waals surface area contributed by atoms with Crippen molar-refractivity contribution in [3.8, 4) is 0 Å². The van der Waals surface area contributed by atoms with E-state index < -0.39 is 0 Å². The SMILES string of the molecule is CNC(=O)c1cnc2[nH]cc(CCNC(C)=O)c2c1. The van der Waals surface area contributed by atoms with Crippen molar-refractivity contribution in [1.82, 2.24) is 20.6 Å². The highest BCUT2D eigenvalue weighted by Gasteiger charge is 2.09. The predicted molar refractivity (Wildman–Crippen MR) is 71.9 cm³/mol. The molecule has 6 heteroatoms. The molecule has 0 aliphatic carbocycles. The summed E-state index contributed by atoms with van der Waals surface area (Å²) in [5, 5.41) is 6.22. The van der Waals surface area contributed by atoms with Crippen molar-refractivity contribution in [2.75, 3.05) is 13.6 Å². The van der Waals surface area contributed by atoms with Crippen LogP contribution in [0.3, 0.4) is 0 Å². The Bertz CT molecular complexity index is 618. The summed E-state index contributed by atoms with van der Waals surface area (Å²) < 4.78 is 0. The fourth-order valence-corrected chi connectivity index (χ4v) is 1.91. The fraction of sp³-hybridized carbons (Fsp3) is 0.308. The Morgan fingerprint density at radius 2 is 2.21 bits per heavy atom. The number of hydrogen-bond donors (Lipinski definition) is 3. The zero-order valence-corrected chi connectivity index (χ0v) is 10.9. The van der Waals surface area contributed by atoms with Crippen LogP contribution in [0.1, 0.15) is 22.8 Å². The molecule has 0 radical (unpaired) electrons. The number of nitrogens with one attached hydrogen (secondary N) is 3. The van der Waals surface area contributed by atoms with Gasteiger partial charge < -0.3 is 15.6 Å².